The predicted octanol–water partition coefficient (Wildman–Crippen LogP) is 1.77. The first-order valence-electron chi connectivity index (χ1n) is 12.4. The molecule has 0 bridgehead atoms. The number of aryl methyl sites for hydroxylation is 1. The minimum absolute atomic E-state index is 0. The van der Waals surface area contributed by atoms with Crippen LogP contribution in [0.1, 0.15) is 46.8 Å². The van der Waals surface area contributed by atoms with Crippen LogP contribution >= 0.6 is 11.8 Å². The zero-order valence-electron chi connectivity index (χ0n) is 22.6. The van der Waals surface area contributed by atoms with Crippen LogP contribution in [-0.2, 0) is 22.7 Å². The number of benzene rings is 3. The number of ether oxygens (including phenoxy) is 2. The van der Waals surface area contributed by atoms with Crippen LogP contribution in [0.3, 0.4) is 0 Å². The minimum Gasteiger partial charge on any atom is -0.548 e. The molecule has 0 aromatic heterocycles. The van der Waals surface area contributed by atoms with Gasteiger partial charge in [0.15, 0.2) is 0 Å². The van der Waals surface area contributed by atoms with Gasteiger partial charge in [0, 0.05) is 5.56 Å². The SMILES string of the molecule is CCCOc1cccc(COCc2ccc(C(=O)N[C@@H](CCSC)C(=O)[O-])c(-c3ccccc3C)c2)c1.[Li+]. The Morgan fingerprint density at radius 2 is 1.71 bits per heavy atom. The maximum atomic E-state index is 13.2. The fourth-order valence-corrected chi connectivity index (χ4v) is 4.40. The number of amides is 1. The zero-order valence-corrected chi connectivity index (χ0v) is 23.4. The van der Waals surface area contributed by atoms with Crippen molar-refractivity contribution in [3.8, 4) is 16.9 Å². The molecule has 0 aliphatic heterocycles. The van der Waals surface area contributed by atoms with Crippen LogP contribution in [0.25, 0.3) is 11.1 Å². The molecule has 0 saturated heterocycles. The zero-order chi connectivity index (χ0) is 26.6. The number of carbonyl (C=O) groups is 2. The van der Waals surface area contributed by atoms with Crippen molar-refractivity contribution in [2.75, 3.05) is 18.6 Å². The maximum Gasteiger partial charge on any atom is 1.00 e. The molecule has 0 aliphatic rings. The van der Waals surface area contributed by atoms with E-state index in [1.165, 1.54) is 11.8 Å². The summed E-state index contributed by atoms with van der Waals surface area (Å²) in [6.07, 6.45) is 3.14. The Morgan fingerprint density at radius 3 is 2.39 bits per heavy atom. The first-order valence-corrected chi connectivity index (χ1v) is 13.8. The Bertz CT molecular complexity index is 1200. The number of hydrogen-bond donors (Lipinski definition) is 1. The molecule has 3 aromatic carbocycles. The van der Waals surface area contributed by atoms with E-state index >= 15 is 0 Å². The van der Waals surface area contributed by atoms with Gasteiger partial charge in [-0.15, -0.1) is 0 Å². The largest absolute Gasteiger partial charge is 1.00 e. The molecular formula is C30H34LiNO5S. The maximum absolute atomic E-state index is 13.2. The van der Waals surface area contributed by atoms with Gasteiger partial charge in [0.1, 0.15) is 5.75 Å². The molecule has 1 N–H and O–H groups in total. The molecule has 0 saturated carbocycles. The van der Waals surface area contributed by atoms with Crippen LogP contribution in [0.2, 0.25) is 0 Å². The third-order valence-corrected chi connectivity index (χ3v) is 6.52. The van der Waals surface area contributed by atoms with E-state index in [2.05, 4.69) is 12.2 Å². The van der Waals surface area contributed by atoms with Gasteiger partial charge in [-0.3, -0.25) is 4.79 Å². The first-order chi connectivity index (χ1) is 17.9. The summed E-state index contributed by atoms with van der Waals surface area (Å²) in [5.74, 6) is -0.292. The van der Waals surface area contributed by atoms with Crippen LogP contribution in [0, 0.1) is 6.92 Å². The Morgan fingerprint density at radius 1 is 0.974 bits per heavy atom. The van der Waals surface area contributed by atoms with Gasteiger partial charge in [0.05, 0.1) is 31.8 Å². The molecule has 0 spiro atoms. The Hall–Kier alpha value is -2.69. The molecule has 3 rings (SSSR count). The third kappa shape index (κ3) is 9.25. The van der Waals surface area contributed by atoms with Crippen LogP contribution in [0.4, 0.5) is 0 Å². The van der Waals surface area contributed by atoms with Gasteiger partial charge in [-0.2, -0.15) is 11.8 Å². The molecule has 6 nitrogen and oxygen atoms in total. The van der Waals surface area contributed by atoms with E-state index in [9.17, 15) is 14.7 Å². The molecule has 0 radical (unpaired) electrons. The summed E-state index contributed by atoms with van der Waals surface area (Å²) in [4.78, 5) is 24.8. The summed E-state index contributed by atoms with van der Waals surface area (Å²) in [6, 6.07) is 20.1. The molecule has 0 aliphatic carbocycles. The van der Waals surface area contributed by atoms with Gasteiger partial charge < -0.3 is 24.7 Å². The van der Waals surface area contributed by atoms with Gasteiger partial charge >= 0.3 is 18.9 Å². The number of nitrogens with one attached hydrogen (secondary N) is 1. The number of carbonyl (C=O) groups excluding carboxylic acids is 2. The predicted molar refractivity (Wildman–Crippen MR) is 147 cm³/mol. The average Bonchev–Trinajstić information content (AvgIpc) is 2.90. The number of aliphatic carboxylic acids is 1. The molecule has 38 heavy (non-hydrogen) atoms. The molecule has 3 aromatic rings. The first kappa shape index (κ1) is 31.5. The monoisotopic (exact) mass is 527 g/mol. The van der Waals surface area contributed by atoms with E-state index < -0.39 is 17.9 Å². The number of rotatable bonds is 14. The van der Waals surface area contributed by atoms with Crippen molar-refractivity contribution in [1.29, 1.82) is 0 Å². The van der Waals surface area contributed by atoms with Crippen molar-refractivity contribution < 1.29 is 43.0 Å². The summed E-state index contributed by atoms with van der Waals surface area (Å²) in [5.41, 5.74) is 4.99. The molecule has 8 heteroatoms. The van der Waals surface area contributed by atoms with Crippen molar-refractivity contribution in [1.82, 2.24) is 5.32 Å². The van der Waals surface area contributed by atoms with Crippen LogP contribution < -0.4 is 34.0 Å². The van der Waals surface area contributed by atoms with E-state index in [0.717, 1.165) is 40.0 Å². The standard InChI is InChI=1S/C30H35NO5S.Li/c1-4-15-36-24-10-7-9-22(17-24)19-35-20-23-12-13-26(27(18-23)25-11-6-5-8-21(25)2)29(32)31-28(30(33)34)14-16-37-3;/h5-13,17-18,28H,4,14-16,19-20H2,1-3H3,(H,31,32)(H,33,34);/q;+1/p-1/t28-;/m0./s1. The van der Waals surface area contributed by atoms with Crippen LogP contribution in [0.5, 0.6) is 5.75 Å². The Labute approximate surface area is 241 Å². The van der Waals surface area contributed by atoms with Gasteiger partial charge in [-0.25, -0.2) is 0 Å². The average molecular weight is 528 g/mol. The molecule has 0 unspecified atom stereocenters. The molecular weight excluding hydrogens is 493 g/mol. The van der Waals surface area contributed by atoms with Crippen LogP contribution in [0.15, 0.2) is 66.7 Å². The van der Waals surface area contributed by atoms with E-state index in [1.54, 1.807) is 6.07 Å². The van der Waals surface area contributed by atoms with Crippen molar-refractivity contribution in [2.45, 2.75) is 45.9 Å². The fourth-order valence-electron chi connectivity index (χ4n) is 3.93. The van der Waals surface area contributed by atoms with Crippen molar-refractivity contribution >= 4 is 23.6 Å². The number of hydrogen-bond acceptors (Lipinski definition) is 6. The number of carboxylic acids is 1. The second-order valence-electron chi connectivity index (χ2n) is 8.81. The smallest absolute Gasteiger partial charge is 0.548 e. The molecule has 1 atom stereocenters. The second-order valence-corrected chi connectivity index (χ2v) is 9.80. The van der Waals surface area contributed by atoms with E-state index in [0.29, 0.717) is 37.6 Å². The Balaban J connectivity index is 0.00000507. The summed E-state index contributed by atoms with van der Waals surface area (Å²) in [7, 11) is 0. The molecule has 0 heterocycles. The van der Waals surface area contributed by atoms with E-state index in [4.69, 9.17) is 9.47 Å². The normalized spacial score (nSPS) is 11.3. The summed E-state index contributed by atoms with van der Waals surface area (Å²) in [6.45, 7) is 5.51. The van der Waals surface area contributed by atoms with Crippen molar-refractivity contribution in [3.05, 3.63) is 89.0 Å². The minimum atomic E-state index is -1.28. The third-order valence-electron chi connectivity index (χ3n) is 5.87. The van der Waals surface area contributed by atoms with Crippen molar-refractivity contribution in [2.24, 2.45) is 0 Å². The fraction of sp³-hybridized carbons (Fsp3) is 0.333. The van der Waals surface area contributed by atoms with E-state index in [-0.39, 0.29) is 18.9 Å². The van der Waals surface area contributed by atoms with Crippen LogP contribution in [-0.4, -0.2) is 36.5 Å². The summed E-state index contributed by atoms with van der Waals surface area (Å²) in [5, 5.41) is 14.2. The van der Waals surface area contributed by atoms with E-state index in [1.807, 2.05) is 73.8 Å². The summed E-state index contributed by atoms with van der Waals surface area (Å²) < 4.78 is 11.7. The Kier molecular flexibility index (Phi) is 13.5. The molecule has 1 amide bonds. The molecule has 196 valence electrons. The topological polar surface area (TPSA) is 87.7 Å². The number of carboxylic acid groups (broad SMARTS) is 1. The summed E-state index contributed by atoms with van der Waals surface area (Å²) >= 11 is 1.52. The van der Waals surface area contributed by atoms with Crippen molar-refractivity contribution in [3.63, 3.8) is 0 Å². The number of thioether (sulfide) groups is 1. The van der Waals surface area contributed by atoms with Gasteiger partial charge in [0.25, 0.3) is 5.91 Å². The quantitative estimate of drug-likeness (QED) is 0.322. The molecule has 0 fully saturated rings. The van der Waals surface area contributed by atoms with Gasteiger partial charge in [-0.1, -0.05) is 49.4 Å². The van der Waals surface area contributed by atoms with Gasteiger partial charge in [-0.05, 0) is 83.9 Å². The second kappa shape index (κ2) is 16.3. The van der Waals surface area contributed by atoms with Gasteiger partial charge in [0.2, 0.25) is 0 Å².